The first-order valence-electron chi connectivity index (χ1n) is 10.4. The molecule has 2 saturated heterocycles. The number of benzene rings is 1. The Hall–Kier alpha value is -2.61. The molecule has 0 saturated carbocycles. The minimum Gasteiger partial charge on any atom is -0.378 e. The van der Waals surface area contributed by atoms with E-state index < -0.39 is 33.7 Å². The zero-order valence-corrected chi connectivity index (χ0v) is 19.5. The lowest BCUT2D eigenvalue weighted by Gasteiger charge is -2.26. The number of carbonyl (C=O) groups excluding carboxylic acids is 2. The quantitative estimate of drug-likeness (QED) is 0.592. The average molecular weight is 498 g/mol. The molecule has 1 atom stereocenters. The summed E-state index contributed by atoms with van der Waals surface area (Å²) >= 11 is 1.22. The first-order valence-corrected chi connectivity index (χ1v) is 12.7. The summed E-state index contributed by atoms with van der Waals surface area (Å²) in [7, 11) is -3.99. The predicted molar refractivity (Wildman–Crippen MR) is 119 cm³/mol. The van der Waals surface area contributed by atoms with Gasteiger partial charge in [0.25, 0.3) is 11.8 Å². The maximum atomic E-state index is 13.2. The van der Waals surface area contributed by atoms with E-state index in [0.29, 0.717) is 54.8 Å². The van der Waals surface area contributed by atoms with Gasteiger partial charge in [0.1, 0.15) is 16.7 Å². The Morgan fingerprint density at radius 1 is 1.15 bits per heavy atom. The summed E-state index contributed by atoms with van der Waals surface area (Å²) in [4.78, 5) is 32.1. The third-order valence-corrected chi connectivity index (χ3v) is 8.64. The third kappa shape index (κ3) is 5.00. The van der Waals surface area contributed by atoms with Crippen molar-refractivity contribution in [2.75, 3.05) is 37.7 Å². The number of anilines is 1. The van der Waals surface area contributed by atoms with Crippen molar-refractivity contribution in [2.24, 2.45) is 0 Å². The fourth-order valence-corrected chi connectivity index (χ4v) is 6.44. The van der Waals surface area contributed by atoms with Crippen LogP contribution in [0.25, 0.3) is 0 Å². The molecule has 2 aliphatic rings. The second-order valence-electron chi connectivity index (χ2n) is 7.68. The minimum atomic E-state index is -3.99. The Bertz CT molecular complexity index is 1130. The number of aryl methyl sites for hydroxylation is 1. The van der Waals surface area contributed by atoms with Gasteiger partial charge in [0.2, 0.25) is 10.0 Å². The van der Waals surface area contributed by atoms with E-state index in [2.05, 4.69) is 15.8 Å². The number of amides is 2. The number of sulfonamides is 1. The lowest BCUT2D eigenvalue weighted by Crippen LogP contribution is -2.51. The number of nitrogens with one attached hydrogen (secondary N) is 2. The molecule has 0 aliphatic carbocycles. The van der Waals surface area contributed by atoms with Crippen LogP contribution >= 0.6 is 11.3 Å². The highest BCUT2D eigenvalue weighted by Crippen LogP contribution is 2.28. The Balaban J connectivity index is 1.40. The molecular weight excluding hydrogens is 473 g/mol. The first kappa shape index (κ1) is 23.5. The van der Waals surface area contributed by atoms with Crippen LogP contribution in [0.4, 0.5) is 9.52 Å². The zero-order chi connectivity index (χ0) is 23.6. The van der Waals surface area contributed by atoms with Gasteiger partial charge in [-0.15, -0.1) is 0 Å². The topological polar surface area (TPSA) is 121 Å². The smallest absolute Gasteiger partial charge is 0.281 e. The highest BCUT2D eigenvalue weighted by atomic mass is 32.2. The number of nitrogens with zero attached hydrogens (tertiary/aromatic N) is 3. The second kappa shape index (κ2) is 9.71. The number of rotatable bonds is 5. The highest BCUT2D eigenvalue weighted by molar-refractivity contribution is 7.89. The predicted octanol–water partition coefficient (Wildman–Crippen LogP) is 1.04. The molecule has 13 heteroatoms. The van der Waals surface area contributed by atoms with Crippen LogP contribution in [0.15, 0.2) is 29.2 Å². The molecule has 0 radical (unpaired) electrons. The maximum Gasteiger partial charge on any atom is 0.281 e. The molecule has 2 N–H and O–H groups in total. The van der Waals surface area contributed by atoms with Gasteiger partial charge < -0.3 is 9.64 Å². The molecule has 0 bridgehead atoms. The van der Waals surface area contributed by atoms with Gasteiger partial charge in [0.15, 0.2) is 5.13 Å². The van der Waals surface area contributed by atoms with Crippen molar-refractivity contribution in [1.82, 2.24) is 20.1 Å². The molecule has 2 aromatic rings. The minimum absolute atomic E-state index is 0.0939. The van der Waals surface area contributed by atoms with E-state index in [1.54, 1.807) is 6.92 Å². The van der Waals surface area contributed by atoms with Crippen LogP contribution in [0.2, 0.25) is 0 Å². The van der Waals surface area contributed by atoms with Gasteiger partial charge >= 0.3 is 0 Å². The van der Waals surface area contributed by atoms with E-state index in [0.717, 1.165) is 16.4 Å². The molecule has 10 nitrogen and oxygen atoms in total. The summed E-state index contributed by atoms with van der Waals surface area (Å²) in [5.41, 5.74) is 5.25. The number of ether oxygens (including phenoxy) is 1. The molecule has 2 aliphatic heterocycles. The van der Waals surface area contributed by atoms with Crippen molar-refractivity contribution in [3.63, 3.8) is 0 Å². The lowest BCUT2D eigenvalue weighted by atomic mass is 10.2. The lowest BCUT2D eigenvalue weighted by molar-refractivity contribution is -0.125. The molecule has 3 heterocycles. The van der Waals surface area contributed by atoms with Crippen LogP contribution < -0.4 is 15.8 Å². The number of hydrazine groups is 1. The Labute approximate surface area is 194 Å². The van der Waals surface area contributed by atoms with E-state index in [-0.39, 0.29) is 11.4 Å². The molecule has 1 unspecified atom stereocenters. The van der Waals surface area contributed by atoms with Gasteiger partial charge in [-0.05, 0) is 44.0 Å². The number of aromatic nitrogens is 1. The molecule has 1 aromatic carbocycles. The highest BCUT2D eigenvalue weighted by Gasteiger charge is 2.39. The van der Waals surface area contributed by atoms with Crippen LogP contribution in [0, 0.1) is 12.7 Å². The summed E-state index contributed by atoms with van der Waals surface area (Å²) < 4.78 is 45.5. The molecular formula is C20H24FN5O5S2. The fraction of sp³-hybridized carbons (Fsp3) is 0.450. The zero-order valence-electron chi connectivity index (χ0n) is 17.9. The van der Waals surface area contributed by atoms with Crippen LogP contribution in [0.5, 0.6) is 0 Å². The largest absolute Gasteiger partial charge is 0.378 e. The number of halogens is 1. The van der Waals surface area contributed by atoms with Gasteiger partial charge in [-0.2, -0.15) is 4.31 Å². The van der Waals surface area contributed by atoms with E-state index in [4.69, 9.17) is 4.74 Å². The van der Waals surface area contributed by atoms with E-state index in [1.165, 1.54) is 23.5 Å². The monoisotopic (exact) mass is 497 g/mol. The van der Waals surface area contributed by atoms with Crippen LogP contribution in [-0.4, -0.2) is 68.4 Å². The number of carbonyl (C=O) groups is 2. The van der Waals surface area contributed by atoms with E-state index >= 15 is 0 Å². The van der Waals surface area contributed by atoms with E-state index in [1.807, 2.05) is 4.90 Å². The summed E-state index contributed by atoms with van der Waals surface area (Å²) in [6.45, 7) is 4.42. The van der Waals surface area contributed by atoms with Gasteiger partial charge in [-0.1, -0.05) is 11.3 Å². The van der Waals surface area contributed by atoms with Crippen LogP contribution in [0.1, 0.15) is 28.2 Å². The fourth-order valence-electron chi connectivity index (χ4n) is 3.77. The summed E-state index contributed by atoms with van der Waals surface area (Å²) in [6, 6.07) is 3.46. The molecule has 178 valence electrons. The standard InChI is InChI=1S/C20H24FN5O5S2/c1-13-17(32-20(22-13)25-9-11-31-12-10-25)19(28)24-23-18(27)16-3-2-8-26(16)33(29,30)15-6-4-14(21)5-7-15/h4-7,16H,2-3,8-12H2,1H3,(H,23,27)(H,24,28). The molecule has 2 fully saturated rings. The normalized spacial score (nSPS) is 19.5. The third-order valence-electron chi connectivity index (χ3n) is 5.50. The van der Waals surface area contributed by atoms with Gasteiger partial charge in [-0.3, -0.25) is 20.4 Å². The Morgan fingerprint density at radius 2 is 1.85 bits per heavy atom. The molecule has 33 heavy (non-hydrogen) atoms. The summed E-state index contributed by atoms with van der Waals surface area (Å²) in [5, 5.41) is 0.708. The first-order chi connectivity index (χ1) is 15.8. The molecule has 2 amide bonds. The number of hydrogen-bond donors (Lipinski definition) is 2. The van der Waals surface area contributed by atoms with Crippen molar-refractivity contribution in [3.05, 3.63) is 40.7 Å². The summed E-state index contributed by atoms with van der Waals surface area (Å²) in [5.74, 6) is -1.71. The van der Waals surface area contributed by atoms with Gasteiger partial charge in [-0.25, -0.2) is 17.8 Å². The van der Waals surface area contributed by atoms with Crippen molar-refractivity contribution in [2.45, 2.75) is 30.7 Å². The van der Waals surface area contributed by atoms with Crippen molar-refractivity contribution >= 4 is 38.3 Å². The average Bonchev–Trinajstić information content (AvgIpc) is 3.46. The number of morpholine rings is 1. The Kier molecular flexibility index (Phi) is 6.93. The number of hydrogen-bond acceptors (Lipinski definition) is 8. The van der Waals surface area contributed by atoms with Crippen molar-refractivity contribution in [3.8, 4) is 0 Å². The van der Waals surface area contributed by atoms with Crippen LogP contribution in [-0.2, 0) is 19.6 Å². The van der Waals surface area contributed by atoms with Crippen LogP contribution in [0.3, 0.4) is 0 Å². The molecule has 0 spiro atoms. The second-order valence-corrected chi connectivity index (χ2v) is 10.5. The van der Waals surface area contributed by atoms with Gasteiger partial charge in [0, 0.05) is 19.6 Å². The van der Waals surface area contributed by atoms with Crippen molar-refractivity contribution < 1.29 is 27.1 Å². The van der Waals surface area contributed by atoms with E-state index in [9.17, 15) is 22.4 Å². The van der Waals surface area contributed by atoms with Gasteiger partial charge in [0.05, 0.1) is 23.8 Å². The molecule has 4 rings (SSSR count). The van der Waals surface area contributed by atoms with Crippen molar-refractivity contribution in [1.29, 1.82) is 0 Å². The Morgan fingerprint density at radius 3 is 2.55 bits per heavy atom. The molecule has 1 aromatic heterocycles. The SMILES string of the molecule is Cc1nc(N2CCOCC2)sc1C(=O)NNC(=O)C1CCCN1S(=O)(=O)c1ccc(F)cc1. The number of thiazole rings is 1. The maximum absolute atomic E-state index is 13.2. The summed E-state index contributed by atoms with van der Waals surface area (Å²) in [6.07, 6.45) is 0.798.